The summed E-state index contributed by atoms with van der Waals surface area (Å²) < 4.78 is 0. The standard InChI is InChI=1S/C9H16OS/c1-4-9-7(3)8(10)5-6(2)11-9/h6-7,9H,4-5H2,1-3H3/t6-,7+,9-/m1/s1. The van der Waals surface area contributed by atoms with Crippen molar-refractivity contribution < 1.29 is 4.79 Å². The van der Waals surface area contributed by atoms with E-state index >= 15 is 0 Å². The minimum Gasteiger partial charge on any atom is -0.299 e. The highest BCUT2D eigenvalue weighted by atomic mass is 32.2. The summed E-state index contributed by atoms with van der Waals surface area (Å²) in [5.41, 5.74) is 0. The normalized spacial score (nSPS) is 39.2. The summed E-state index contributed by atoms with van der Waals surface area (Å²) in [5.74, 6) is 0.754. The van der Waals surface area contributed by atoms with Gasteiger partial charge in [0.05, 0.1) is 0 Å². The average Bonchev–Trinajstić information content (AvgIpc) is 1.96. The van der Waals surface area contributed by atoms with Crippen LogP contribution in [-0.4, -0.2) is 16.3 Å². The Kier molecular flexibility index (Phi) is 2.99. The third-order valence-electron chi connectivity index (χ3n) is 2.36. The average molecular weight is 172 g/mol. The molecule has 0 aromatic heterocycles. The van der Waals surface area contributed by atoms with E-state index in [1.807, 2.05) is 11.8 Å². The van der Waals surface area contributed by atoms with Gasteiger partial charge in [0.2, 0.25) is 0 Å². The van der Waals surface area contributed by atoms with Crippen molar-refractivity contribution in [3.05, 3.63) is 0 Å². The zero-order chi connectivity index (χ0) is 8.43. The van der Waals surface area contributed by atoms with Crippen molar-refractivity contribution in [3.63, 3.8) is 0 Å². The van der Waals surface area contributed by atoms with Crippen molar-refractivity contribution in [2.45, 2.75) is 44.1 Å². The van der Waals surface area contributed by atoms with Gasteiger partial charge in [0.25, 0.3) is 0 Å². The van der Waals surface area contributed by atoms with Crippen molar-refractivity contribution in [2.75, 3.05) is 0 Å². The van der Waals surface area contributed by atoms with Crippen LogP contribution in [-0.2, 0) is 4.79 Å². The maximum absolute atomic E-state index is 11.4. The minimum absolute atomic E-state index is 0.293. The lowest BCUT2D eigenvalue weighted by Crippen LogP contribution is -2.31. The van der Waals surface area contributed by atoms with Gasteiger partial charge in [-0.15, -0.1) is 0 Å². The largest absolute Gasteiger partial charge is 0.299 e. The highest BCUT2D eigenvalue weighted by Gasteiger charge is 2.30. The molecule has 1 fully saturated rings. The van der Waals surface area contributed by atoms with Crippen LogP contribution < -0.4 is 0 Å². The van der Waals surface area contributed by atoms with E-state index in [0.29, 0.717) is 22.2 Å². The molecule has 2 heteroatoms. The van der Waals surface area contributed by atoms with Gasteiger partial charge in [0.15, 0.2) is 0 Å². The maximum Gasteiger partial charge on any atom is 0.137 e. The first-order valence-corrected chi connectivity index (χ1v) is 5.27. The molecule has 0 spiro atoms. The zero-order valence-corrected chi connectivity index (χ0v) is 8.28. The first-order chi connectivity index (χ1) is 5.15. The lowest BCUT2D eigenvalue weighted by Gasteiger charge is -2.30. The highest BCUT2D eigenvalue weighted by Crippen LogP contribution is 2.34. The van der Waals surface area contributed by atoms with Crippen molar-refractivity contribution in [1.82, 2.24) is 0 Å². The smallest absolute Gasteiger partial charge is 0.137 e. The van der Waals surface area contributed by atoms with Crippen LogP contribution >= 0.6 is 11.8 Å². The number of hydrogen-bond acceptors (Lipinski definition) is 2. The second kappa shape index (κ2) is 3.61. The van der Waals surface area contributed by atoms with Gasteiger partial charge in [-0.1, -0.05) is 20.8 Å². The van der Waals surface area contributed by atoms with E-state index in [1.54, 1.807) is 0 Å². The lowest BCUT2D eigenvalue weighted by atomic mass is 9.96. The van der Waals surface area contributed by atoms with Crippen molar-refractivity contribution >= 4 is 17.5 Å². The molecule has 1 aliphatic heterocycles. The van der Waals surface area contributed by atoms with E-state index in [0.717, 1.165) is 12.8 Å². The van der Waals surface area contributed by atoms with Crippen LogP contribution in [0.2, 0.25) is 0 Å². The molecule has 3 atom stereocenters. The van der Waals surface area contributed by atoms with Crippen molar-refractivity contribution in [2.24, 2.45) is 5.92 Å². The van der Waals surface area contributed by atoms with Crippen LogP contribution in [0.1, 0.15) is 33.6 Å². The fourth-order valence-corrected chi connectivity index (χ4v) is 3.03. The number of carbonyl (C=O) groups excluding carboxylic acids is 1. The van der Waals surface area contributed by atoms with Gasteiger partial charge >= 0.3 is 0 Å². The molecule has 1 nitrogen and oxygen atoms in total. The first-order valence-electron chi connectivity index (χ1n) is 4.33. The lowest BCUT2D eigenvalue weighted by molar-refractivity contribution is -0.122. The Bertz CT molecular complexity index is 156. The Hall–Kier alpha value is 0.0200. The predicted molar refractivity (Wildman–Crippen MR) is 49.9 cm³/mol. The van der Waals surface area contributed by atoms with E-state index in [1.165, 1.54) is 0 Å². The van der Waals surface area contributed by atoms with Crippen molar-refractivity contribution in [1.29, 1.82) is 0 Å². The monoisotopic (exact) mass is 172 g/mol. The molecule has 0 aromatic carbocycles. The predicted octanol–water partition coefficient (Wildman–Crippen LogP) is 2.50. The van der Waals surface area contributed by atoms with E-state index in [9.17, 15) is 4.79 Å². The molecule has 1 saturated heterocycles. The SMILES string of the molecule is CC[C@H]1S[C@H](C)CC(=O)[C@@H]1C. The van der Waals surface area contributed by atoms with Gasteiger partial charge in [-0.2, -0.15) is 11.8 Å². The van der Waals surface area contributed by atoms with Crippen LogP contribution in [0.5, 0.6) is 0 Å². The molecular formula is C9H16OS. The second-order valence-corrected chi connectivity index (χ2v) is 5.03. The molecule has 1 aliphatic rings. The number of rotatable bonds is 1. The molecule has 0 bridgehead atoms. The molecule has 0 radical (unpaired) electrons. The summed E-state index contributed by atoms with van der Waals surface area (Å²) in [5, 5.41) is 1.12. The van der Waals surface area contributed by atoms with E-state index in [2.05, 4.69) is 20.8 Å². The van der Waals surface area contributed by atoms with E-state index in [4.69, 9.17) is 0 Å². The summed E-state index contributed by atoms with van der Waals surface area (Å²) >= 11 is 1.98. The molecule has 0 unspecified atom stereocenters. The number of thioether (sulfide) groups is 1. The maximum atomic E-state index is 11.4. The minimum atomic E-state index is 0.293. The Morgan fingerprint density at radius 1 is 1.55 bits per heavy atom. The first kappa shape index (κ1) is 9.11. The van der Waals surface area contributed by atoms with Gasteiger partial charge in [0.1, 0.15) is 5.78 Å². The van der Waals surface area contributed by atoms with Crippen LogP contribution in [0.25, 0.3) is 0 Å². The van der Waals surface area contributed by atoms with Gasteiger partial charge in [-0.3, -0.25) is 4.79 Å². The quantitative estimate of drug-likeness (QED) is 0.604. The molecule has 1 rings (SSSR count). The molecule has 1 heterocycles. The summed E-state index contributed by atoms with van der Waals surface area (Å²) in [6, 6.07) is 0. The van der Waals surface area contributed by atoms with Crippen LogP contribution in [0, 0.1) is 5.92 Å². The number of carbonyl (C=O) groups is 1. The highest BCUT2D eigenvalue weighted by molar-refractivity contribution is 8.00. The topological polar surface area (TPSA) is 17.1 Å². The van der Waals surface area contributed by atoms with Crippen LogP contribution in [0.3, 0.4) is 0 Å². The molecule has 0 aromatic rings. The third-order valence-corrected chi connectivity index (χ3v) is 4.09. The summed E-state index contributed by atoms with van der Waals surface area (Å²) in [4.78, 5) is 11.4. The van der Waals surface area contributed by atoms with E-state index in [-0.39, 0.29) is 0 Å². The summed E-state index contributed by atoms with van der Waals surface area (Å²) in [6.07, 6.45) is 1.91. The Morgan fingerprint density at radius 3 is 2.73 bits per heavy atom. The van der Waals surface area contributed by atoms with E-state index < -0.39 is 0 Å². The number of hydrogen-bond donors (Lipinski definition) is 0. The molecule has 0 N–H and O–H groups in total. The van der Waals surface area contributed by atoms with Gasteiger partial charge in [-0.25, -0.2) is 0 Å². The van der Waals surface area contributed by atoms with Crippen molar-refractivity contribution in [3.8, 4) is 0 Å². The number of ketones is 1. The summed E-state index contributed by atoms with van der Waals surface area (Å²) in [7, 11) is 0. The Balaban J connectivity index is 2.58. The summed E-state index contributed by atoms with van der Waals surface area (Å²) in [6.45, 7) is 6.38. The second-order valence-electron chi connectivity index (χ2n) is 3.35. The molecule has 0 amide bonds. The molecule has 0 aliphatic carbocycles. The molecule has 64 valence electrons. The molecule has 11 heavy (non-hydrogen) atoms. The van der Waals surface area contributed by atoms with Gasteiger partial charge in [0, 0.05) is 22.8 Å². The van der Waals surface area contributed by atoms with Crippen LogP contribution in [0.4, 0.5) is 0 Å². The third kappa shape index (κ3) is 1.98. The molecule has 0 saturated carbocycles. The number of Topliss-reactive ketones (excluding diaryl/α,β-unsaturated/α-hetero) is 1. The zero-order valence-electron chi connectivity index (χ0n) is 7.46. The fourth-order valence-electron chi connectivity index (χ4n) is 1.59. The van der Waals surface area contributed by atoms with Gasteiger partial charge in [-0.05, 0) is 6.42 Å². The Labute approximate surface area is 72.9 Å². The fraction of sp³-hybridized carbons (Fsp3) is 0.889. The van der Waals surface area contributed by atoms with Crippen LogP contribution in [0.15, 0.2) is 0 Å². The van der Waals surface area contributed by atoms with Gasteiger partial charge < -0.3 is 0 Å². The molecular weight excluding hydrogens is 156 g/mol. The Morgan fingerprint density at radius 2 is 2.18 bits per heavy atom.